The van der Waals surface area contributed by atoms with Crippen LogP contribution in [0, 0.1) is 19.7 Å². The summed E-state index contributed by atoms with van der Waals surface area (Å²) in [5.41, 5.74) is 5.17. The minimum absolute atomic E-state index is 0.0904. The van der Waals surface area contributed by atoms with Crippen LogP contribution < -0.4 is 5.32 Å². The third-order valence-electron chi connectivity index (χ3n) is 5.00. The van der Waals surface area contributed by atoms with Crippen molar-refractivity contribution in [3.05, 3.63) is 95.3 Å². The van der Waals surface area contributed by atoms with E-state index < -0.39 is 0 Å². The Bertz CT molecular complexity index is 1160. The molecule has 2 aromatic carbocycles. The van der Waals surface area contributed by atoms with Gasteiger partial charge in [-0.3, -0.25) is 4.79 Å². The van der Waals surface area contributed by atoms with Crippen LogP contribution in [-0.2, 0) is 17.8 Å². The van der Waals surface area contributed by atoms with E-state index >= 15 is 0 Å². The lowest BCUT2D eigenvalue weighted by Gasteiger charge is -2.06. The molecule has 0 atom stereocenters. The highest BCUT2D eigenvalue weighted by molar-refractivity contribution is 5.79. The van der Waals surface area contributed by atoms with E-state index in [1.165, 1.54) is 12.1 Å². The maximum atomic E-state index is 13.2. The van der Waals surface area contributed by atoms with E-state index in [2.05, 4.69) is 15.5 Å². The van der Waals surface area contributed by atoms with Crippen molar-refractivity contribution in [2.24, 2.45) is 0 Å². The van der Waals surface area contributed by atoms with Gasteiger partial charge >= 0.3 is 0 Å². The Morgan fingerprint density at radius 1 is 1.03 bits per heavy atom. The van der Waals surface area contributed by atoms with Gasteiger partial charge in [0, 0.05) is 29.6 Å². The molecule has 0 radical (unpaired) electrons. The van der Waals surface area contributed by atoms with Crippen molar-refractivity contribution >= 4 is 5.91 Å². The Kier molecular flexibility index (Phi) is 5.43. The summed E-state index contributed by atoms with van der Waals surface area (Å²) in [5, 5.41) is 11.8. The summed E-state index contributed by atoms with van der Waals surface area (Å²) in [7, 11) is 0. The second-order valence-corrected chi connectivity index (χ2v) is 7.12. The predicted molar refractivity (Wildman–Crippen MR) is 112 cm³/mol. The quantitative estimate of drug-likeness (QED) is 0.534. The summed E-state index contributed by atoms with van der Waals surface area (Å²) in [6, 6.07) is 15.9. The molecule has 2 aromatic heterocycles. The summed E-state index contributed by atoms with van der Waals surface area (Å²) in [4.78, 5) is 12.5. The van der Waals surface area contributed by atoms with Crippen LogP contribution in [0.4, 0.5) is 4.39 Å². The molecule has 0 aliphatic carbocycles. The summed E-state index contributed by atoms with van der Waals surface area (Å²) in [6.07, 6.45) is 3.88. The lowest BCUT2D eigenvalue weighted by Crippen LogP contribution is -2.24. The average Bonchev–Trinajstić information content (AvgIpc) is 3.34. The Labute approximate surface area is 174 Å². The molecular weight excluding hydrogens is 381 g/mol. The van der Waals surface area contributed by atoms with Gasteiger partial charge in [0.05, 0.1) is 29.7 Å². The van der Waals surface area contributed by atoms with E-state index in [9.17, 15) is 9.18 Å². The number of aryl methyl sites for hydroxylation is 1. The summed E-state index contributed by atoms with van der Waals surface area (Å²) < 4.78 is 16.7. The number of hydrogen-bond acceptors (Lipinski definition) is 3. The Hall–Kier alpha value is -3.74. The number of carbonyl (C=O) groups excluding carboxylic acids is 1. The van der Waals surface area contributed by atoms with Crippen LogP contribution in [0.25, 0.3) is 11.4 Å². The SMILES string of the molecule is Cc1nn(-c2ccc(F)cc2)c(C)c1CC(=O)NCc1cnn(-c2ccccc2)c1. The Morgan fingerprint density at radius 3 is 2.50 bits per heavy atom. The zero-order chi connectivity index (χ0) is 21.1. The average molecular weight is 403 g/mol. The first-order valence-electron chi connectivity index (χ1n) is 9.68. The summed E-state index contributed by atoms with van der Waals surface area (Å²) in [5.74, 6) is -0.386. The Balaban J connectivity index is 1.41. The molecule has 0 aliphatic rings. The van der Waals surface area contributed by atoms with Crippen LogP contribution >= 0.6 is 0 Å². The van der Waals surface area contributed by atoms with Crippen molar-refractivity contribution in [2.45, 2.75) is 26.8 Å². The molecule has 1 amide bonds. The molecule has 30 heavy (non-hydrogen) atoms. The molecule has 6 nitrogen and oxygen atoms in total. The molecule has 4 rings (SSSR count). The van der Waals surface area contributed by atoms with Crippen LogP contribution in [0.1, 0.15) is 22.5 Å². The second kappa shape index (κ2) is 8.32. The van der Waals surface area contributed by atoms with Crippen molar-refractivity contribution in [3.8, 4) is 11.4 Å². The molecule has 7 heteroatoms. The van der Waals surface area contributed by atoms with Gasteiger partial charge in [-0.2, -0.15) is 10.2 Å². The van der Waals surface area contributed by atoms with E-state index in [0.29, 0.717) is 6.54 Å². The number of benzene rings is 2. The second-order valence-electron chi connectivity index (χ2n) is 7.12. The zero-order valence-corrected chi connectivity index (χ0v) is 16.8. The number of nitrogens with one attached hydrogen (secondary N) is 1. The monoisotopic (exact) mass is 403 g/mol. The third kappa shape index (κ3) is 4.15. The molecule has 0 unspecified atom stereocenters. The number of hydrogen-bond donors (Lipinski definition) is 1. The van der Waals surface area contributed by atoms with Gasteiger partial charge in [0.15, 0.2) is 0 Å². The number of amides is 1. The van der Waals surface area contributed by atoms with Gasteiger partial charge in [-0.1, -0.05) is 18.2 Å². The zero-order valence-electron chi connectivity index (χ0n) is 16.8. The van der Waals surface area contributed by atoms with Crippen molar-refractivity contribution < 1.29 is 9.18 Å². The fourth-order valence-electron chi connectivity index (χ4n) is 3.36. The van der Waals surface area contributed by atoms with Crippen molar-refractivity contribution in [1.29, 1.82) is 0 Å². The van der Waals surface area contributed by atoms with Gasteiger partial charge in [-0.05, 0) is 50.2 Å². The number of para-hydroxylation sites is 1. The molecule has 0 aliphatic heterocycles. The molecule has 0 saturated heterocycles. The maximum absolute atomic E-state index is 13.2. The number of rotatable bonds is 6. The lowest BCUT2D eigenvalue weighted by molar-refractivity contribution is -0.120. The molecule has 0 saturated carbocycles. The van der Waals surface area contributed by atoms with Gasteiger partial charge in [0.25, 0.3) is 0 Å². The minimum atomic E-state index is -0.296. The first-order valence-corrected chi connectivity index (χ1v) is 9.68. The standard InChI is InChI=1S/C23H22FN5O/c1-16-22(17(2)29(27-16)21-10-8-19(24)9-11-21)12-23(30)25-13-18-14-26-28(15-18)20-6-4-3-5-7-20/h3-11,14-15H,12-13H2,1-2H3,(H,25,30). The fraction of sp³-hybridized carbons (Fsp3) is 0.174. The van der Waals surface area contributed by atoms with Crippen LogP contribution in [0.5, 0.6) is 0 Å². The van der Waals surface area contributed by atoms with Gasteiger partial charge in [0.2, 0.25) is 5.91 Å². The van der Waals surface area contributed by atoms with Crippen LogP contribution in [0.2, 0.25) is 0 Å². The topological polar surface area (TPSA) is 64.7 Å². The largest absolute Gasteiger partial charge is 0.352 e. The number of carbonyl (C=O) groups is 1. The molecule has 0 spiro atoms. The smallest absolute Gasteiger partial charge is 0.224 e. The van der Waals surface area contributed by atoms with E-state index in [-0.39, 0.29) is 18.1 Å². The van der Waals surface area contributed by atoms with Crippen LogP contribution in [0.3, 0.4) is 0 Å². The van der Waals surface area contributed by atoms with Gasteiger partial charge in [0.1, 0.15) is 5.82 Å². The molecule has 2 heterocycles. The van der Waals surface area contributed by atoms with E-state index in [1.54, 1.807) is 27.7 Å². The van der Waals surface area contributed by atoms with E-state index in [0.717, 1.165) is 33.9 Å². The fourth-order valence-corrected chi connectivity index (χ4v) is 3.36. The highest BCUT2D eigenvalue weighted by Crippen LogP contribution is 2.19. The lowest BCUT2D eigenvalue weighted by atomic mass is 10.1. The minimum Gasteiger partial charge on any atom is -0.352 e. The van der Waals surface area contributed by atoms with E-state index in [1.807, 2.05) is 50.4 Å². The summed E-state index contributed by atoms with van der Waals surface area (Å²) in [6.45, 7) is 4.19. The van der Waals surface area contributed by atoms with Crippen LogP contribution in [-0.4, -0.2) is 25.5 Å². The van der Waals surface area contributed by atoms with Crippen LogP contribution in [0.15, 0.2) is 67.0 Å². The van der Waals surface area contributed by atoms with Crippen molar-refractivity contribution in [3.63, 3.8) is 0 Å². The number of aromatic nitrogens is 4. The molecule has 4 aromatic rings. The van der Waals surface area contributed by atoms with Gasteiger partial charge in [-0.15, -0.1) is 0 Å². The van der Waals surface area contributed by atoms with Crippen molar-refractivity contribution in [2.75, 3.05) is 0 Å². The van der Waals surface area contributed by atoms with Gasteiger partial charge < -0.3 is 5.32 Å². The van der Waals surface area contributed by atoms with E-state index in [4.69, 9.17) is 0 Å². The van der Waals surface area contributed by atoms with Gasteiger partial charge in [-0.25, -0.2) is 13.8 Å². The predicted octanol–water partition coefficient (Wildman–Crippen LogP) is 3.67. The van der Waals surface area contributed by atoms with Crippen molar-refractivity contribution in [1.82, 2.24) is 24.9 Å². The Morgan fingerprint density at radius 2 is 1.77 bits per heavy atom. The third-order valence-corrected chi connectivity index (χ3v) is 5.00. The first-order chi connectivity index (χ1) is 14.5. The normalized spacial score (nSPS) is 10.9. The first kappa shape index (κ1) is 19.6. The molecule has 0 fully saturated rings. The highest BCUT2D eigenvalue weighted by atomic mass is 19.1. The number of halogens is 1. The summed E-state index contributed by atoms with van der Waals surface area (Å²) >= 11 is 0. The maximum Gasteiger partial charge on any atom is 0.224 e. The highest BCUT2D eigenvalue weighted by Gasteiger charge is 2.16. The molecule has 0 bridgehead atoms. The molecule has 152 valence electrons. The molecular formula is C23H22FN5O. The molecule has 1 N–H and O–H groups in total. The number of nitrogens with zero attached hydrogens (tertiary/aromatic N) is 4.